The van der Waals surface area contributed by atoms with Gasteiger partial charge in [-0.3, -0.25) is 4.98 Å². The van der Waals surface area contributed by atoms with Gasteiger partial charge in [0, 0.05) is 18.0 Å². The SMILES string of the molecule is COc1cccc(C(O)c2ccncc2CCc2ccccc2)c1OC1CCCC1. The van der Waals surface area contributed by atoms with Gasteiger partial charge >= 0.3 is 0 Å². The molecule has 4 rings (SSSR count). The minimum Gasteiger partial charge on any atom is -0.493 e. The predicted octanol–water partition coefficient (Wildman–Crippen LogP) is 5.28. The number of nitrogens with zero attached hydrogens (tertiary/aromatic N) is 1. The fourth-order valence-electron chi connectivity index (χ4n) is 4.21. The number of pyridine rings is 1. The molecule has 1 fully saturated rings. The molecule has 3 aromatic rings. The number of rotatable bonds is 8. The smallest absolute Gasteiger partial charge is 0.167 e. The highest BCUT2D eigenvalue weighted by Crippen LogP contribution is 2.40. The van der Waals surface area contributed by atoms with Crippen LogP contribution in [0.3, 0.4) is 0 Å². The Kier molecular flexibility index (Phi) is 6.65. The van der Waals surface area contributed by atoms with Gasteiger partial charge in [-0.25, -0.2) is 0 Å². The lowest BCUT2D eigenvalue weighted by Crippen LogP contribution is -2.15. The number of ether oxygens (including phenoxy) is 2. The second kappa shape index (κ2) is 9.77. The first-order valence-corrected chi connectivity index (χ1v) is 10.7. The zero-order chi connectivity index (χ0) is 20.8. The Hall–Kier alpha value is -2.85. The Morgan fingerprint density at radius 3 is 2.53 bits per heavy atom. The third-order valence-electron chi connectivity index (χ3n) is 5.87. The molecule has 2 aromatic carbocycles. The molecule has 156 valence electrons. The maximum atomic E-state index is 11.4. The van der Waals surface area contributed by atoms with E-state index in [0.29, 0.717) is 11.5 Å². The standard InChI is InChI=1S/C26H29NO3/c1-29-24-13-7-12-23(26(24)30-21-10-5-6-11-21)25(28)22-16-17-27-18-20(22)15-14-19-8-3-2-4-9-19/h2-4,7-9,12-13,16-18,21,25,28H,5-6,10-11,14-15H2,1H3. The monoisotopic (exact) mass is 403 g/mol. The van der Waals surface area contributed by atoms with Crippen LogP contribution < -0.4 is 9.47 Å². The third kappa shape index (κ3) is 4.65. The van der Waals surface area contributed by atoms with Crippen LogP contribution in [-0.2, 0) is 12.8 Å². The summed E-state index contributed by atoms with van der Waals surface area (Å²) in [6.45, 7) is 0. The van der Waals surface area contributed by atoms with Gasteiger partial charge in [0.2, 0.25) is 0 Å². The molecule has 1 aliphatic rings. The first kappa shape index (κ1) is 20.4. The number of para-hydroxylation sites is 1. The number of aromatic nitrogens is 1. The molecule has 0 radical (unpaired) electrons. The summed E-state index contributed by atoms with van der Waals surface area (Å²) in [5, 5.41) is 11.4. The molecular formula is C26H29NO3. The first-order chi connectivity index (χ1) is 14.8. The van der Waals surface area contributed by atoms with Crippen molar-refractivity contribution in [1.29, 1.82) is 0 Å². The molecule has 1 unspecified atom stereocenters. The number of benzene rings is 2. The highest BCUT2D eigenvalue weighted by molar-refractivity contribution is 5.51. The summed E-state index contributed by atoms with van der Waals surface area (Å²) < 4.78 is 11.9. The van der Waals surface area contributed by atoms with Crippen LogP contribution in [0.15, 0.2) is 67.0 Å². The average Bonchev–Trinajstić information content (AvgIpc) is 3.31. The number of methoxy groups -OCH3 is 1. The number of aryl methyl sites for hydroxylation is 2. The van der Waals surface area contributed by atoms with Crippen LogP contribution in [0.1, 0.15) is 54.0 Å². The fourth-order valence-corrected chi connectivity index (χ4v) is 4.21. The molecule has 4 heteroatoms. The van der Waals surface area contributed by atoms with E-state index >= 15 is 0 Å². The summed E-state index contributed by atoms with van der Waals surface area (Å²) in [6.07, 6.45) is 9.16. The van der Waals surface area contributed by atoms with Gasteiger partial charge in [-0.15, -0.1) is 0 Å². The van der Waals surface area contributed by atoms with Crippen LogP contribution >= 0.6 is 0 Å². The number of aliphatic hydroxyl groups excluding tert-OH is 1. The maximum absolute atomic E-state index is 11.4. The normalized spacial score (nSPS) is 15.1. The predicted molar refractivity (Wildman–Crippen MR) is 118 cm³/mol. The van der Waals surface area contributed by atoms with E-state index in [1.807, 2.05) is 36.5 Å². The second-order valence-electron chi connectivity index (χ2n) is 7.87. The van der Waals surface area contributed by atoms with Crippen molar-refractivity contribution in [1.82, 2.24) is 4.98 Å². The lowest BCUT2D eigenvalue weighted by atomic mass is 9.94. The molecule has 0 spiro atoms. The van der Waals surface area contributed by atoms with Crippen molar-refractivity contribution in [3.05, 3.63) is 89.2 Å². The summed E-state index contributed by atoms with van der Waals surface area (Å²) in [4.78, 5) is 4.31. The Bertz CT molecular complexity index is 952. The van der Waals surface area contributed by atoms with Gasteiger partial charge < -0.3 is 14.6 Å². The molecule has 0 saturated heterocycles. The van der Waals surface area contributed by atoms with Crippen LogP contribution in [0.5, 0.6) is 11.5 Å². The van der Waals surface area contributed by atoms with Crippen LogP contribution in [0, 0.1) is 0 Å². The molecular weight excluding hydrogens is 374 g/mol. The van der Waals surface area contributed by atoms with Gasteiger partial charge in [0.25, 0.3) is 0 Å². The second-order valence-corrected chi connectivity index (χ2v) is 7.87. The number of hydrogen-bond acceptors (Lipinski definition) is 4. The van der Waals surface area contributed by atoms with E-state index < -0.39 is 6.10 Å². The van der Waals surface area contributed by atoms with Gasteiger partial charge in [0.15, 0.2) is 11.5 Å². The Morgan fingerprint density at radius 1 is 0.967 bits per heavy atom. The third-order valence-corrected chi connectivity index (χ3v) is 5.87. The average molecular weight is 404 g/mol. The fraction of sp³-hybridized carbons (Fsp3) is 0.346. The van der Waals surface area contributed by atoms with Crippen molar-refractivity contribution >= 4 is 0 Å². The van der Waals surface area contributed by atoms with Crippen molar-refractivity contribution in [2.24, 2.45) is 0 Å². The summed E-state index contributed by atoms with van der Waals surface area (Å²) in [5.41, 5.74) is 3.93. The Morgan fingerprint density at radius 2 is 1.77 bits per heavy atom. The molecule has 4 nitrogen and oxygen atoms in total. The largest absolute Gasteiger partial charge is 0.493 e. The van der Waals surface area contributed by atoms with Crippen LogP contribution in [-0.4, -0.2) is 23.3 Å². The van der Waals surface area contributed by atoms with Crippen LogP contribution in [0.25, 0.3) is 0 Å². The molecule has 0 amide bonds. The van der Waals surface area contributed by atoms with Gasteiger partial charge in [0.05, 0.1) is 13.2 Å². The molecule has 1 heterocycles. The quantitative estimate of drug-likeness (QED) is 0.556. The zero-order valence-electron chi connectivity index (χ0n) is 17.5. The summed E-state index contributed by atoms with van der Waals surface area (Å²) >= 11 is 0. The van der Waals surface area contributed by atoms with Crippen molar-refractivity contribution in [2.45, 2.75) is 50.7 Å². The highest BCUT2D eigenvalue weighted by Gasteiger charge is 2.25. The van der Waals surface area contributed by atoms with Gasteiger partial charge in [0.1, 0.15) is 6.10 Å². The van der Waals surface area contributed by atoms with E-state index in [4.69, 9.17) is 9.47 Å². The van der Waals surface area contributed by atoms with Gasteiger partial charge in [-0.05, 0) is 67.3 Å². The van der Waals surface area contributed by atoms with Crippen molar-refractivity contribution < 1.29 is 14.6 Å². The van der Waals surface area contributed by atoms with E-state index in [1.54, 1.807) is 13.3 Å². The summed E-state index contributed by atoms with van der Waals surface area (Å²) in [5.74, 6) is 1.32. The van der Waals surface area contributed by atoms with E-state index in [-0.39, 0.29) is 6.10 Å². The first-order valence-electron chi connectivity index (χ1n) is 10.7. The van der Waals surface area contributed by atoms with E-state index in [0.717, 1.165) is 42.4 Å². The molecule has 1 atom stereocenters. The highest BCUT2D eigenvalue weighted by atomic mass is 16.5. The van der Waals surface area contributed by atoms with Crippen LogP contribution in [0.4, 0.5) is 0 Å². The molecule has 0 aliphatic heterocycles. The van der Waals surface area contributed by atoms with Gasteiger partial charge in [-0.2, -0.15) is 0 Å². The minimum absolute atomic E-state index is 0.183. The molecule has 1 aromatic heterocycles. The van der Waals surface area contributed by atoms with E-state index in [1.165, 1.54) is 18.4 Å². The topological polar surface area (TPSA) is 51.6 Å². The number of aliphatic hydroxyl groups is 1. The molecule has 30 heavy (non-hydrogen) atoms. The zero-order valence-corrected chi connectivity index (χ0v) is 17.5. The Balaban J connectivity index is 1.62. The molecule has 1 saturated carbocycles. The van der Waals surface area contributed by atoms with Gasteiger partial charge in [-0.1, -0.05) is 42.5 Å². The lowest BCUT2D eigenvalue weighted by molar-refractivity contribution is 0.177. The Labute approximate surface area is 178 Å². The van der Waals surface area contributed by atoms with E-state index in [9.17, 15) is 5.11 Å². The van der Waals surface area contributed by atoms with Crippen molar-refractivity contribution in [3.63, 3.8) is 0 Å². The van der Waals surface area contributed by atoms with Crippen molar-refractivity contribution in [2.75, 3.05) is 7.11 Å². The van der Waals surface area contributed by atoms with Crippen molar-refractivity contribution in [3.8, 4) is 11.5 Å². The molecule has 1 aliphatic carbocycles. The summed E-state index contributed by atoms with van der Waals surface area (Å²) in [6, 6.07) is 18.0. The summed E-state index contributed by atoms with van der Waals surface area (Å²) in [7, 11) is 1.64. The van der Waals surface area contributed by atoms with Crippen LogP contribution in [0.2, 0.25) is 0 Å². The number of hydrogen-bond donors (Lipinski definition) is 1. The molecule has 0 bridgehead atoms. The lowest BCUT2D eigenvalue weighted by Gasteiger charge is -2.23. The molecule has 1 N–H and O–H groups in total. The minimum atomic E-state index is -0.801. The maximum Gasteiger partial charge on any atom is 0.167 e. The van der Waals surface area contributed by atoms with E-state index in [2.05, 4.69) is 29.2 Å².